The number of nitrogens with zero attached hydrogens (tertiary/aromatic N) is 4. The molecule has 1 atom stereocenters. The predicted molar refractivity (Wildman–Crippen MR) is 82.4 cm³/mol. The zero-order valence-electron chi connectivity index (χ0n) is 13.0. The number of aromatic nitrogens is 4. The van der Waals surface area contributed by atoms with Crippen LogP contribution in [0.15, 0.2) is 18.5 Å². The minimum Gasteiger partial charge on any atom is -0.335 e. The molecule has 0 fully saturated rings. The maximum atomic E-state index is 5.78. The number of nitrogens with one attached hydrogen (secondary N) is 1. The molecule has 3 N–H and O–H groups in total. The molecule has 2 aromatic rings. The number of nitrogens with two attached hydrogens (primary N) is 1. The Bertz CT molecular complexity index is 577. The molecule has 0 aliphatic rings. The first-order valence-electron chi connectivity index (χ1n) is 7.48. The highest BCUT2D eigenvalue weighted by atomic mass is 15.2. The molecular formula is C15H24N6. The van der Waals surface area contributed by atoms with E-state index in [0.717, 1.165) is 48.6 Å². The van der Waals surface area contributed by atoms with E-state index in [9.17, 15) is 0 Å². The third-order valence-electron chi connectivity index (χ3n) is 3.59. The first-order valence-corrected chi connectivity index (χ1v) is 7.48. The van der Waals surface area contributed by atoms with Crippen LogP contribution in [0.1, 0.15) is 49.1 Å². The van der Waals surface area contributed by atoms with Gasteiger partial charge in [0, 0.05) is 25.4 Å². The van der Waals surface area contributed by atoms with E-state index in [0.29, 0.717) is 0 Å². The molecule has 0 aromatic carbocycles. The SMILES string of the molecule is CCCn1ccnc1CC(NN)c1cc(C)nnc1CC. The first kappa shape index (κ1) is 15.6. The van der Waals surface area contributed by atoms with E-state index < -0.39 is 0 Å². The highest BCUT2D eigenvalue weighted by Gasteiger charge is 2.18. The van der Waals surface area contributed by atoms with Gasteiger partial charge in [-0.2, -0.15) is 10.2 Å². The highest BCUT2D eigenvalue weighted by molar-refractivity contribution is 5.25. The summed E-state index contributed by atoms with van der Waals surface area (Å²) in [4.78, 5) is 4.46. The second-order valence-corrected chi connectivity index (χ2v) is 5.20. The fourth-order valence-corrected chi connectivity index (χ4v) is 2.53. The number of aryl methyl sites for hydroxylation is 3. The monoisotopic (exact) mass is 288 g/mol. The average Bonchev–Trinajstić information content (AvgIpc) is 2.92. The van der Waals surface area contributed by atoms with Gasteiger partial charge in [-0.05, 0) is 31.4 Å². The Morgan fingerprint density at radius 1 is 1.33 bits per heavy atom. The smallest absolute Gasteiger partial charge is 0.110 e. The molecule has 2 aromatic heterocycles. The minimum atomic E-state index is -0.00726. The lowest BCUT2D eigenvalue weighted by atomic mass is 10.0. The second kappa shape index (κ2) is 7.28. The maximum absolute atomic E-state index is 5.78. The number of hydrogen-bond acceptors (Lipinski definition) is 5. The molecule has 21 heavy (non-hydrogen) atoms. The summed E-state index contributed by atoms with van der Waals surface area (Å²) >= 11 is 0. The average molecular weight is 288 g/mol. The van der Waals surface area contributed by atoms with E-state index in [1.54, 1.807) is 0 Å². The Kier molecular flexibility index (Phi) is 5.41. The van der Waals surface area contributed by atoms with Crippen LogP contribution in [0.2, 0.25) is 0 Å². The molecule has 0 amide bonds. The second-order valence-electron chi connectivity index (χ2n) is 5.20. The van der Waals surface area contributed by atoms with Crippen LogP contribution < -0.4 is 11.3 Å². The van der Waals surface area contributed by atoms with Gasteiger partial charge >= 0.3 is 0 Å². The van der Waals surface area contributed by atoms with Gasteiger partial charge < -0.3 is 4.57 Å². The van der Waals surface area contributed by atoms with Gasteiger partial charge in [-0.1, -0.05) is 13.8 Å². The van der Waals surface area contributed by atoms with Crippen LogP contribution in [0.25, 0.3) is 0 Å². The van der Waals surface area contributed by atoms with Crippen molar-refractivity contribution in [3.05, 3.63) is 41.2 Å². The van der Waals surface area contributed by atoms with Gasteiger partial charge in [0.1, 0.15) is 5.82 Å². The summed E-state index contributed by atoms with van der Waals surface area (Å²) in [6, 6.07) is 2.05. The molecule has 0 saturated heterocycles. The van der Waals surface area contributed by atoms with E-state index in [-0.39, 0.29) is 6.04 Å². The Balaban J connectivity index is 2.27. The summed E-state index contributed by atoms with van der Waals surface area (Å²) in [7, 11) is 0. The van der Waals surface area contributed by atoms with Crippen molar-refractivity contribution in [2.24, 2.45) is 5.84 Å². The summed E-state index contributed by atoms with van der Waals surface area (Å²) in [5.74, 6) is 6.82. The zero-order chi connectivity index (χ0) is 15.2. The van der Waals surface area contributed by atoms with Crippen molar-refractivity contribution in [2.75, 3.05) is 0 Å². The van der Waals surface area contributed by atoms with Gasteiger partial charge in [0.15, 0.2) is 0 Å². The van der Waals surface area contributed by atoms with Gasteiger partial charge in [0.2, 0.25) is 0 Å². The third-order valence-corrected chi connectivity index (χ3v) is 3.59. The fraction of sp³-hybridized carbons (Fsp3) is 0.533. The molecule has 0 aliphatic carbocycles. The van der Waals surface area contributed by atoms with Crippen molar-refractivity contribution in [1.29, 1.82) is 0 Å². The third kappa shape index (κ3) is 3.65. The molecule has 1 unspecified atom stereocenters. The number of hydrazine groups is 1. The Hall–Kier alpha value is -1.79. The molecule has 6 heteroatoms. The zero-order valence-corrected chi connectivity index (χ0v) is 13.0. The lowest BCUT2D eigenvalue weighted by molar-refractivity contribution is 0.510. The molecule has 2 heterocycles. The Morgan fingerprint density at radius 2 is 2.14 bits per heavy atom. The van der Waals surface area contributed by atoms with Crippen molar-refractivity contribution in [1.82, 2.24) is 25.2 Å². The van der Waals surface area contributed by atoms with Crippen molar-refractivity contribution in [2.45, 2.75) is 52.6 Å². The Morgan fingerprint density at radius 3 is 2.81 bits per heavy atom. The molecule has 0 aliphatic heterocycles. The first-order chi connectivity index (χ1) is 10.2. The van der Waals surface area contributed by atoms with Crippen LogP contribution in [-0.2, 0) is 19.4 Å². The van der Waals surface area contributed by atoms with Crippen LogP contribution >= 0.6 is 0 Å². The lowest BCUT2D eigenvalue weighted by Crippen LogP contribution is -2.31. The van der Waals surface area contributed by atoms with E-state index in [1.807, 2.05) is 19.3 Å². The van der Waals surface area contributed by atoms with Crippen molar-refractivity contribution < 1.29 is 0 Å². The standard InChI is InChI=1S/C15H24N6/c1-4-7-21-8-6-17-15(21)10-14(18-16)12-9-11(3)19-20-13(12)5-2/h6,8-9,14,18H,4-5,7,10,16H2,1-3H3. The van der Waals surface area contributed by atoms with Crippen LogP contribution in [-0.4, -0.2) is 19.7 Å². The summed E-state index contributed by atoms with van der Waals surface area (Å²) in [5.41, 5.74) is 5.90. The molecule has 0 spiro atoms. The van der Waals surface area contributed by atoms with Gasteiger partial charge in [0.05, 0.1) is 17.4 Å². The van der Waals surface area contributed by atoms with E-state index >= 15 is 0 Å². The van der Waals surface area contributed by atoms with E-state index in [1.165, 1.54) is 0 Å². The summed E-state index contributed by atoms with van der Waals surface area (Å²) in [6.07, 6.45) is 6.52. The molecule has 2 rings (SSSR count). The van der Waals surface area contributed by atoms with E-state index in [2.05, 4.69) is 45.1 Å². The molecule has 0 bridgehead atoms. The largest absolute Gasteiger partial charge is 0.335 e. The molecule has 0 radical (unpaired) electrons. The van der Waals surface area contributed by atoms with Gasteiger partial charge in [-0.25, -0.2) is 4.98 Å². The molecule has 0 saturated carbocycles. The van der Waals surface area contributed by atoms with Crippen LogP contribution in [0.3, 0.4) is 0 Å². The van der Waals surface area contributed by atoms with Crippen LogP contribution in [0.4, 0.5) is 0 Å². The topological polar surface area (TPSA) is 81.7 Å². The van der Waals surface area contributed by atoms with E-state index in [4.69, 9.17) is 5.84 Å². The van der Waals surface area contributed by atoms with Crippen molar-refractivity contribution in [3.63, 3.8) is 0 Å². The predicted octanol–water partition coefficient (Wildman–Crippen LogP) is 1.70. The highest BCUT2D eigenvalue weighted by Crippen LogP contribution is 2.20. The van der Waals surface area contributed by atoms with Gasteiger partial charge in [-0.15, -0.1) is 0 Å². The maximum Gasteiger partial charge on any atom is 0.110 e. The summed E-state index contributed by atoms with van der Waals surface area (Å²) < 4.78 is 2.18. The number of hydrogen-bond donors (Lipinski definition) is 2. The van der Waals surface area contributed by atoms with Gasteiger partial charge in [-0.3, -0.25) is 11.3 Å². The number of imidazole rings is 1. The number of rotatable bonds is 7. The van der Waals surface area contributed by atoms with Crippen molar-refractivity contribution >= 4 is 0 Å². The normalized spacial score (nSPS) is 12.6. The summed E-state index contributed by atoms with van der Waals surface area (Å²) in [6.45, 7) is 7.16. The molecular weight excluding hydrogens is 264 g/mol. The quantitative estimate of drug-likeness (QED) is 0.598. The minimum absolute atomic E-state index is 0.00726. The van der Waals surface area contributed by atoms with Crippen LogP contribution in [0, 0.1) is 6.92 Å². The lowest BCUT2D eigenvalue weighted by Gasteiger charge is -2.19. The fourth-order valence-electron chi connectivity index (χ4n) is 2.53. The molecule has 114 valence electrons. The molecule has 6 nitrogen and oxygen atoms in total. The summed E-state index contributed by atoms with van der Waals surface area (Å²) in [5, 5.41) is 8.41. The Labute approximate surface area is 125 Å². The van der Waals surface area contributed by atoms with Crippen LogP contribution in [0.5, 0.6) is 0 Å². The van der Waals surface area contributed by atoms with Crippen molar-refractivity contribution in [3.8, 4) is 0 Å². The van der Waals surface area contributed by atoms with Gasteiger partial charge in [0.25, 0.3) is 0 Å².